The van der Waals surface area contributed by atoms with Crippen molar-refractivity contribution >= 4 is 11.3 Å². The van der Waals surface area contributed by atoms with Crippen molar-refractivity contribution in [1.29, 1.82) is 0 Å². The van der Waals surface area contributed by atoms with E-state index in [9.17, 15) is 0 Å². The Labute approximate surface area is 116 Å². The molecule has 1 aromatic heterocycles. The smallest absolute Gasteiger partial charge is 0.0331 e. The molecule has 1 heterocycles. The maximum Gasteiger partial charge on any atom is 0.0331 e. The molecule has 0 aliphatic carbocycles. The zero-order chi connectivity index (χ0) is 13.6. The predicted molar refractivity (Wildman–Crippen MR) is 82.1 cm³/mol. The topological polar surface area (TPSA) is 15.3 Å². The van der Waals surface area contributed by atoms with E-state index in [0.29, 0.717) is 0 Å². The summed E-state index contributed by atoms with van der Waals surface area (Å²) < 4.78 is 0. The minimum absolute atomic E-state index is 0.183. The lowest BCUT2D eigenvalue weighted by atomic mass is 10.1. The summed E-state index contributed by atoms with van der Waals surface area (Å²) in [5.41, 5.74) is 0.183. The van der Waals surface area contributed by atoms with Crippen molar-refractivity contribution in [3.05, 3.63) is 34.5 Å². The van der Waals surface area contributed by atoms with E-state index in [4.69, 9.17) is 0 Å². The highest BCUT2D eigenvalue weighted by Crippen LogP contribution is 2.19. The Morgan fingerprint density at radius 3 is 2.56 bits per heavy atom. The van der Waals surface area contributed by atoms with Crippen molar-refractivity contribution in [2.45, 2.75) is 46.3 Å². The van der Waals surface area contributed by atoms with Gasteiger partial charge in [-0.05, 0) is 39.4 Å². The fourth-order valence-electron chi connectivity index (χ4n) is 1.66. The fraction of sp³-hybridized carbons (Fsp3) is 0.600. The van der Waals surface area contributed by atoms with E-state index in [1.54, 1.807) is 0 Å². The first kappa shape index (κ1) is 15.4. The molecule has 102 valence electrons. The molecule has 0 aliphatic rings. The normalized spacial score (nSPS) is 12.1. The van der Waals surface area contributed by atoms with E-state index in [0.717, 1.165) is 26.2 Å². The monoisotopic (exact) mass is 266 g/mol. The third-order valence-electron chi connectivity index (χ3n) is 2.72. The molecule has 0 amide bonds. The zero-order valence-electron chi connectivity index (χ0n) is 12.1. The van der Waals surface area contributed by atoms with Gasteiger partial charge in [0.1, 0.15) is 0 Å². The van der Waals surface area contributed by atoms with Gasteiger partial charge < -0.3 is 5.32 Å². The Morgan fingerprint density at radius 1 is 1.33 bits per heavy atom. The fourth-order valence-corrected chi connectivity index (χ4v) is 2.66. The van der Waals surface area contributed by atoms with Crippen molar-refractivity contribution in [1.82, 2.24) is 10.2 Å². The Balaban J connectivity index is 2.49. The van der Waals surface area contributed by atoms with Crippen LogP contribution in [-0.4, -0.2) is 23.5 Å². The van der Waals surface area contributed by atoms with Gasteiger partial charge in [-0.25, -0.2) is 0 Å². The average molecular weight is 266 g/mol. The van der Waals surface area contributed by atoms with E-state index < -0.39 is 0 Å². The van der Waals surface area contributed by atoms with Crippen LogP contribution in [0.15, 0.2) is 24.8 Å². The Morgan fingerprint density at radius 2 is 2.00 bits per heavy atom. The third kappa shape index (κ3) is 5.80. The number of rotatable bonds is 7. The van der Waals surface area contributed by atoms with Crippen LogP contribution in [0.3, 0.4) is 0 Å². The van der Waals surface area contributed by atoms with Gasteiger partial charge in [-0.1, -0.05) is 13.0 Å². The van der Waals surface area contributed by atoms with Crippen molar-refractivity contribution in [3.63, 3.8) is 0 Å². The molecule has 0 fully saturated rings. The number of nitrogens with zero attached hydrogens (tertiary/aromatic N) is 1. The summed E-state index contributed by atoms with van der Waals surface area (Å²) in [5.74, 6) is 0. The Bertz CT molecular complexity index is 363. The van der Waals surface area contributed by atoms with Gasteiger partial charge in [-0.2, -0.15) is 0 Å². The van der Waals surface area contributed by atoms with Crippen molar-refractivity contribution in [2.75, 3.05) is 13.1 Å². The minimum Gasteiger partial charge on any atom is -0.307 e. The number of nitrogens with one attached hydrogen (secondary N) is 1. The van der Waals surface area contributed by atoms with Gasteiger partial charge in [0, 0.05) is 34.9 Å². The summed E-state index contributed by atoms with van der Waals surface area (Å²) >= 11 is 1.90. The first-order valence-electron chi connectivity index (χ1n) is 6.60. The van der Waals surface area contributed by atoms with Crippen LogP contribution in [0.25, 0.3) is 0 Å². The van der Waals surface area contributed by atoms with Crippen molar-refractivity contribution in [2.24, 2.45) is 0 Å². The number of hydrogen-bond acceptors (Lipinski definition) is 3. The number of thiophene rings is 1. The van der Waals surface area contributed by atoms with Gasteiger partial charge in [0.25, 0.3) is 0 Å². The minimum atomic E-state index is 0.183. The Kier molecular flexibility index (Phi) is 6.06. The van der Waals surface area contributed by atoms with Crippen LogP contribution >= 0.6 is 11.3 Å². The predicted octanol–water partition coefficient (Wildman–Crippen LogP) is 3.64. The molecule has 18 heavy (non-hydrogen) atoms. The molecule has 0 radical (unpaired) electrons. The van der Waals surface area contributed by atoms with Gasteiger partial charge in [-0.15, -0.1) is 17.9 Å². The molecule has 0 atom stereocenters. The molecule has 0 saturated carbocycles. The summed E-state index contributed by atoms with van der Waals surface area (Å²) in [5, 5.41) is 3.52. The molecule has 0 spiro atoms. The lowest BCUT2D eigenvalue weighted by Gasteiger charge is -2.19. The molecule has 0 bridgehead atoms. The molecule has 0 unspecified atom stereocenters. The summed E-state index contributed by atoms with van der Waals surface area (Å²) in [6.07, 6.45) is 1.97. The second-order valence-corrected chi connectivity index (χ2v) is 6.84. The lowest BCUT2D eigenvalue weighted by molar-refractivity contribution is 0.314. The molecule has 0 saturated heterocycles. The van der Waals surface area contributed by atoms with E-state index in [-0.39, 0.29) is 5.54 Å². The van der Waals surface area contributed by atoms with E-state index >= 15 is 0 Å². The molecule has 1 aromatic rings. The van der Waals surface area contributed by atoms with Crippen molar-refractivity contribution in [3.8, 4) is 0 Å². The number of hydrogen-bond donors (Lipinski definition) is 1. The molecular weight excluding hydrogens is 240 g/mol. The SMILES string of the molecule is C=CCN(CC)Cc1ccc(CNC(C)(C)C)s1. The quantitative estimate of drug-likeness (QED) is 0.758. The Hall–Kier alpha value is -0.640. The molecule has 1 N–H and O–H groups in total. The van der Waals surface area contributed by atoms with Crippen LogP contribution in [0, 0.1) is 0 Å². The van der Waals surface area contributed by atoms with Crippen LogP contribution in [-0.2, 0) is 13.1 Å². The van der Waals surface area contributed by atoms with E-state index in [2.05, 4.69) is 56.6 Å². The zero-order valence-corrected chi connectivity index (χ0v) is 12.9. The van der Waals surface area contributed by atoms with Gasteiger partial charge in [0.05, 0.1) is 0 Å². The van der Waals surface area contributed by atoms with E-state index in [1.807, 2.05) is 17.4 Å². The van der Waals surface area contributed by atoms with Crippen molar-refractivity contribution < 1.29 is 0 Å². The lowest BCUT2D eigenvalue weighted by Crippen LogP contribution is -2.34. The maximum atomic E-state index is 3.80. The van der Waals surface area contributed by atoms with Gasteiger partial charge in [-0.3, -0.25) is 4.90 Å². The number of likely N-dealkylation sites (N-methyl/N-ethyl adjacent to an activating group) is 1. The van der Waals surface area contributed by atoms with Crippen LogP contribution in [0.5, 0.6) is 0 Å². The van der Waals surface area contributed by atoms with Crippen LogP contribution in [0.1, 0.15) is 37.4 Å². The second-order valence-electron chi connectivity index (χ2n) is 5.59. The van der Waals surface area contributed by atoms with Crippen LogP contribution < -0.4 is 5.32 Å². The molecule has 1 rings (SSSR count). The summed E-state index contributed by atoms with van der Waals surface area (Å²) in [6.45, 7) is 16.6. The molecule has 2 nitrogen and oxygen atoms in total. The first-order valence-corrected chi connectivity index (χ1v) is 7.42. The maximum absolute atomic E-state index is 3.80. The largest absolute Gasteiger partial charge is 0.307 e. The molecule has 0 aromatic carbocycles. The molecule has 3 heteroatoms. The van der Waals surface area contributed by atoms with Crippen LogP contribution in [0.4, 0.5) is 0 Å². The van der Waals surface area contributed by atoms with E-state index in [1.165, 1.54) is 9.75 Å². The third-order valence-corrected chi connectivity index (χ3v) is 3.79. The van der Waals surface area contributed by atoms with Gasteiger partial charge >= 0.3 is 0 Å². The molecule has 0 aliphatic heterocycles. The first-order chi connectivity index (χ1) is 8.44. The standard InChI is InChI=1S/C15H26N2S/c1-6-10-17(7-2)12-14-9-8-13(18-14)11-16-15(3,4)5/h6,8-9,16H,1,7,10-12H2,2-5H3. The van der Waals surface area contributed by atoms with Gasteiger partial charge in [0.2, 0.25) is 0 Å². The second kappa shape index (κ2) is 7.07. The summed E-state index contributed by atoms with van der Waals surface area (Å²) in [4.78, 5) is 5.23. The highest BCUT2D eigenvalue weighted by molar-refractivity contribution is 7.11. The highest BCUT2D eigenvalue weighted by atomic mass is 32.1. The van der Waals surface area contributed by atoms with Crippen LogP contribution in [0.2, 0.25) is 0 Å². The average Bonchev–Trinajstić information content (AvgIpc) is 2.73. The summed E-state index contributed by atoms with van der Waals surface area (Å²) in [6, 6.07) is 4.48. The summed E-state index contributed by atoms with van der Waals surface area (Å²) in [7, 11) is 0. The van der Waals surface area contributed by atoms with Gasteiger partial charge in [0.15, 0.2) is 0 Å². The highest BCUT2D eigenvalue weighted by Gasteiger charge is 2.10. The molecular formula is C15H26N2S.